The van der Waals surface area contributed by atoms with Crippen LogP contribution in [0.25, 0.3) is 0 Å². The van der Waals surface area contributed by atoms with Crippen molar-refractivity contribution in [3.8, 4) is 0 Å². The second-order valence-electron chi connectivity index (χ2n) is 4.71. The van der Waals surface area contributed by atoms with Crippen LogP contribution in [0, 0.1) is 0 Å². The average molecular weight is 349 g/mol. The van der Waals surface area contributed by atoms with Crippen LogP contribution in [-0.2, 0) is 12.8 Å². The number of hydrogen-bond donors (Lipinski definition) is 2. The molecular formula is C16H21BrN4. The van der Waals surface area contributed by atoms with Crippen LogP contribution in [0.3, 0.4) is 0 Å². The zero-order chi connectivity index (χ0) is 15.2. The van der Waals surface area contributed by atoms with Gasteiger partial charge in [0, 0.05) is 22.3 Å². The van der Waals surface area contributed by atoms with Crippen molar-refractivity contribution in [3.63, 3.8) is 0 Å². The van der Waals surface area contributed by atoms with Crippen LogP contribution in [0.4, 0.5) is 17.3 Å². The van der Waals surface area contributed by atoms with Crippen LogP contribution < -0.4 is 10.6 Å². The van der Waals surface area contributed by atoms with Crippen molar-refractivity contribution < 1.29 is 0 Å². The Hall–Kier alpha value is -1.62. The SMILES string of the molecule is CCNc1ncnc(Nc2ccc(Br)cc2CC)c1CC. The van der Waals surface area contributed by atoms with E-state index >= 15 is 0 Å². The van der Waals surface area contributed by atoms with Gasteiger partial charge in [0.2, 0.25) is 0 Å². The summed E-state index contributed by atoms with van der Waals surface area (Å²) in [6.07, 6.45) is 3.45. The first-order chi connectivity index (χ1) is 10.2. The highest BCUT2D eigenvalue weighted by molar-refractivity contribution is 9.10. The summed E-state index contributed by atoms with van der Waals surface area (Å²) >= 11 is 3.52. The third-order valence-electron chi connectivity index (χ3n) is 3.34. The number of nitrogens with zero attached hydrogens (tertiary/aromatic N) is 2. The van der Waals surface area contributed by atoms with Gasteiger partial charge in [0.25, 0.3) is 0 Å². The summed E-state index contributed by atoms with van der Waals surface area (Å²) in [5.41, 5.74) is 3.47. The van der Waals surface area contributed by atoms with E-state index < -0.39 is 0 Å². The van der Waals surface area contributed by atoms with E-state index in [4.69, 9.17) is 0 Å². The number of nitrogens with one attached hydrogen (secondary N) is 2. The molecule has 112 valence electrons. The molecule has 0 radical (unpaired) electrons. The summed E-state index contributed by atoms with van der Waals surface area (Å²) < 4.78 is 1.09. The highest BCUT2D eigenvalue weighted by Gasteiger charge is 2.11. The third-order valence-corrected chi connectivity index (χ3v) is 3.84. The first-order valence-corrected chi connectivity index (χ1v) is 8.12. The fraction of sp³-hybridized carbons (Fsp3) is 0.375. The van der Waals surface area contributed by atoms with E-state index in [1.165, 1.54) is 5.56 Å². The van der Waals surface area contributed by atoms with Gasteiger partial charge >= 0.3 is 0 Å². The minimum absolute atomic E-state index is 0.849. The van der Waals surface area contributed by atoms with E-state index in [1.807, 2.05) is 6.07 Å². The molecule has 0 aliphatic heterocycles. The maximum absolute atomic E-state index is 4.41. The fourth-order valence-electron chi connectivity index (χ4n) is 2.28. The number of benzene rings is 1. The van der Waals surface area contributed by atoms with Crippen molar-refractivity contribution in [1.82, 2.24) is 9.97 Å². The normalized spacial score (nSPS) is 10.5. The van der Waals surface area contributed by atoms with Gasteiger partial charge in [-0.15, -0.1) is 0 Å². The van der Waals surface area contributed by atoms with Gasteiger partial charge in [-0.05, 0) is 43.5 Å². The Kier molecular flexibility index (Phi) is 5.56. The highest BCUT2D eigenvalue weighted by atomic mass is 79.9. The van der Waals surface area contributed by atoms with Crippen LogP contribution in [0.15, 0.2) is 29.0 Å². The summed E-state index contributed by atoms with van der Waals surface area (Å²) in [7, 11) is 0. The van der Waals surface area contributed by atoms with Crippen LogP contribution in [-0.4, -0.2) is 16.5 Å². The minimum Gasteiger partial charge on any atom is -0.370 e. The van der Waals surface area contributed by atoms with Crippen LogP contribution in [0.5, 0.6) is 0 Å². The number of halogens is 1. The third kappa shape index (κ3) is 3.73. The van der Waals surface area contributed by atoms with Gasteiger partial charge in [-0.2, -0.15) is 0 Å². The molecule has 0 amide bonds. The summed E-state index contributed by atoms with van der Waals surface area (Å²) in [5.74, 6) is 1.79. The van der Waals surface area contributed by atoms with E-state index in [0.29, 0.717) is 0 Å². The highest BCUT2D eigenvalue weighted by Crippen LogP contribution is 2.28. The van der Waals surface area contributed by atoms with Crippen molar-refractivity contribution >= 4 is 33.3 Å². The molecule has 0 saturated heterocycles. The average Bonchev–Trinajstić information content (AvgIpc) is 2.49. The molecule has 21 heavy (non-hydrogen) atoms. The number of rotatable bonds is 6. The molecule has 4 nitrogen and oxygen atoms in total. The summed E-state index contributed by atoms with van der Waals surface area (Å²) in [5, 5.41) is 6.75. The molecule has 1 aromatic carbocycles. The zero-order valence-electron chi connectivity index (χ0n) is 12.7. The van der Waals surface area contributed by atoms with Crippen molar-refractivity contribution in [2.75, 3.05) is 17.2 Å². The molecule has 1 heterocycles. The Morgan fingerprint density at radius 3 is 2.48 bits per heavy atom. The van der Waals surface area contributed by atoms with E-state index in [-0.39, 0.29) is 0 Å². The lowest BCUT2D eigenvalue weighted by Crippen LogP contribution is -2.08. The molecule has 0 unspecified atom stereocenters. The first kappa shape index (κ1) is 15.8. The lowest BCUT2D eigenvalue weighted by molar-refractivity contribution is 1.03. The Bertz CT molecular complexity index is 613. The van der Waals surface area contributed by atoms with Crippen molar-refractivity contribution in [2.45, 2.75) is 33.6 Å². The standard InChI is InChI=1S/C16H21BrN4/c1-4-11-9-12(17)7-8-14(11)21-16-13(5-2)15(18-6-3)19-10-20-16/h7-10H,4-6H2,1-3H3,(H2,18,19,20,21). The minimum atomic E-state index is 0.849. The lowest BCUT2D eigenvalue weighted by atomic mass is 10.1. The molecule has 2 aromatic rings. The predicted octanol–water partition coefficient (Wildman–Crippen LogP) is 4.54. The molecule has 2 N–H and O–H groups in total. The molecule has 0 aliphatic carbocycles. The Morgan fingerprint density at radius 2 is 1.81 bits per heavy atom. The monoisotopic (exact) mass is 348 g/mol. The summed E-state index contributed by atoms with van der Waals surface area (Å²) in [4.78, 5) is 8.74. The lowest BCUT2D eigenvalue weighted by Gasteiger charge is -2.16. The topological polar surface area (TPSA) is 49.8 Å². The molecule has 0 aliphatic rings. The maximum Gasteiger partial charge on any atom is 0.139 e. The van der Waals surface area contributed by atoms with Crippen molar-refractivity contribution in [3.05, 3.63) is 40.1 Å². The van der Waals surface area contributed by atoms with E-state index in [0.717, 1.165) is 46.7 Å². The number of anilines is 3. The van der Waals surface area contributed by atoms with Gasteiger partial charge in [-0.1, -0.05) is 29.8 Å². The molecule has 1 aromatic heterocycles. The molecule has 5 heteroatoms. The molecule has 0 spiro atoms. The quantitative estimate of drug-likeness (QED) is 0.804. The molecule has 2 rings (SSSR count). The van der Waals surface area contributed by atoms with Gasteiger partial charge in [0.05, 0.1) is 0 Å². The Balaban J connectivity index is 2.37. The largest absolute Gasteiger partial charge is 0.370 e. The van der Waals surface area contributed by atoms with E-state index in [1.54, 1.807) is 6.33 Å². The second kappa shape index (κ2) is 7.41. The van der Waals surface area contributed by atoms with Gasteiger partial charge in [0.1, 0.15) is 18.0 Å². The van der Waals surface area contributed by atoms with E-state index in [9.17, 15) is 0 Å². The molecular weight excluding hydrogens is 328 g/mol. The van der Waals surface area contributed by atoms with Gasteiger partial charge in [-0.25, -0.2) is 9.97 Å². The number of aryl methyl sites for hydroxylation is 1. The van der Waals surface area contributed by atoms with Crippen molar-refractivity contribution in [2.24, 2.45) is 0 Å². The molecule has 0 bridgehead atoms. The van der Waals surface area contributed by atoms with Gasteiger partial charge in [0.15, 0.2) is 0 Å². The van der Waals surface area contributed by atoms with Crippen molar-refractivity contribution in [1.29, 1.82) is 0 Å². The number of hydrogen-bond acceptors (Lipinski definition) is 4. The molecule has 0 fully saturated rings. The Labute approximate surface area is 134 Å². The molecule has 0 saturated carbocycles. The smallest absolute Gasteiger partial charge is 0.139 e. The van der Waals surface area contributed by atoms with Gasteiger partial charge in [-0.3, -0.25) is 0 Å². The summed E-state index contributed by atoms with van der Waals surface area (Å²) in [6, 6.07) is 6.26. The van der Waals surface area contributed by atoms with E-state index in [2.05, 4.69) is 69.4 Å². The Morgan fingerprint density at radius 1 is 1.05 bits per heavy atom. The number of aromatic nitrogens is 2. The fourth-order valence-corrected chi connectivity index (χ4v) is 2.69. The molecule has 0 atom stereocenters. The summed E-state index contributed by atoms with van der Waals surface area (Å²) in [6.45, 7) is 7.19. The maximum atomic E-state index is 4.41. The zero-order valence-corrected chi connectivity index (χ0v) is 14.3. The van der Waals surface area contributed by atoms with Crippen LogP contribution in [0.1, 0.15) is 31.9 Å². The van der Waals surface area contributed by atoms with Gasteiger partial charge < -0.3 is 10.6 Å². The van der Waals surface area contributed by atoms with Crippen LogP contribution in [0.2, 0.25) is 0 Å². The first-order valence-electron chi connectivity index (χ1n) is 7.32. The second-order valence-corrected chi connectivity index (χ2v) is 5.63. The van der Waals surface area contributed by atoms with Crippen LogP contribution >= 0.6 is 15.9 Å². The predicted molar refractivity (Wildman–Crippen MR) is 92.4 cm³/mol.